The van der Waals surface area contributed by atoms with Crippen LogP contribution in [0.2, 0.25) is 0 Å². The van der Waals surface area contributed by atoms with Crippen LogP contribution in [0.1, 0.15) is 32.8 Å². The van der Waals surface area contributed by atoms with Gasteiger partial charge in [-0.05, 0) is 275 Å². The first kappa shape index (κ1) is 81.2. The maximum atomic E-state index is 6.28. The van der Waals surface area contributed by atoms with Crippen LogP contribution in [0.4, 0.5) is 39.8 Å². The van der Waals surface area contributed by atoms with Gasteiger partial charge in [-0.1, -0.05) is 36.4 Å². The largest absolute Gasteiger partial charge is 0.497 e. The van der Waals surface area contributed by atoms with Crippen molar-refractivity contribution in [1.29, 1.82) is 0 Å². The number of hydrogen-bond acceptors (Lipinski definition) is 16. The highest BCUT2D eigenvalue weighted by atomic mass is 16.6. The van der Waals surface area contributed by atoms with Crippen molar-refractivity contribution in [2.45, 2.75) is 39.8 Å². The fourth-order valence-electron chi connectivity index (χ4n) is 15.9. The van der Waals surface area contributed by atoms with Crippen LogP contribution in [-0.4, -0.2) is 147 Å². The summed E-state index contributed by atoms with van der Waals surface area (Å²) in [5, 5.41) is 6.49. The highest BCUT2D eigenvalue weighted by molar-refractivity contribution is 6.14. The Labute approximate surface area is 700 Å². The summed E-state index contributed by atoms with van der Waals surface area (Å²) in [5.74, 6) is 4.57. The molecule has 16 rings (SSSR count). The third-order valence-corrected chi connectivity index (χ3v) is 21.8. The van der Waals surface area contributed by atoms with Gasteiger partial charge in [0.15, 0.2) is 0 Å². The minimum absolute atomic E-state index is 0.0351. The summed E-state index contributed by atoms with van der Waals surface area (Å²) in [7, 11) is 6.85. The van der Waals surface area contributed by atoms with Gasteiger partial charge in [0, 0.05) is 128 Å². The Balaban J connectivity index is 0.870. The number of methoxy groups -OCH3 is 4. The molecule has 1 unspecified atom stereocenters. The van der Waals surface area contributed by atoms with Crippen LogP contribution in [0.25, 0.3) is 82.5 Å². The molecule has 0 spiro atoms. The van der Waals surface area contributed by atoms with Crippen LogP contribution in [-0.2, 0) is 39.7 Å². The lowest BCUT2D eigenvalue weighted by atomic mass is 10.0. The molecule has 0 N–H and O–H groups in total. The first-order valence-electron chi connectivity index (χ1n) is 41.3. The molecule has 15 aromatic rings. The monoisotopic (exact) mass is 1610 g/mol. The molecule has 0 bridgehead atoms. The second-order valence-corrected chi connectivity index (χ2v) is 29.0. The van der Waals surface area contributed by atoms with Gasteiger partial charge in [0.1, 0.15) is 54.3 Å². The Morgan fingerprint density at radius 3 is 1.01 bits per heavy atom. The zero-order chi connectivity index (χ0) is 82.1. The van der Waals surface area contributed by atoms with Gasteiger partial charge in [0.2, 0.25) is 0 Å². The van der Waals surface area contributed by atoms with Gasteiger partial charge in [-0.3, -0.25) is 0 Å². The van der Waals surface area contributed by atoms with E-state index in [0.717, 1.165) is 174 Å². The Kier molecular flexibility index (Phi) is 26.3. The topological polar surface area (TPSA) is 145 Å². The second-order valence-electron chi connectivity index (χ2n) is 29.0. The predicted molar refractivity (Wildman–Crippen MR) is 482 cm³/mol. The quantitative estimate of drug-likeness (QED) is 0.0335. The fraction of sp³-hybridized carbons (Fsp3) is 0.248. The van der Waals surface area contributed by atoms with E-state index in [1.54, 1.807) is 28.4 Å². The van der Waals surface area contributed by atoms with E-state index in [9.17, 15) is 0 Å². The molecular weight excluding hydrogens is 1510 g/mol. The molecule has 614 valence electrons. The molecule has 0 aliphatic heterocycles. The highest BCUT2D eigenvalue weighted by Gasteiger charge is 2.26. The third-order valence-electron chi connectivity index (χ3n) is 21.8. The molecule has 120 heavy (non-hydrogen) atoms. The van der Waals surface area contributed by atoms with Crippen molar-refractivity contribution >= 4 is 105 Å². The SMILES string of the molecule is CCOCCOCCOc1ccc(-n2c3ccccc3c3cc(CN(c4ccc5c(c4)c4cc(N(C6=CCC(OC)C=C6)c6ccc(OC)cc6)ccc4n5-c4ccc(OCCOCCOCC)cc4)c4ccc5c(c4)c4cc(N(c6ccc(OC)cc6)c6ccc(OC)cc6)ccc4n5-c4ccc(OCCOCCOCC)cc4)ccc32)cc1. The van der Waals surface area contributed by atoms with E-state index in [1.807, 2.05) is 93.6 Å². The van der Waals surface area contributed by atoms with Crippen LogP contribution in [0.3, 0.4) is 0 Å². The van der Waals surface area contributed by atoms with E-state index >= 15 is 0 Å². The number of fused-ring (bicyclic) bond motifs is 9. The molecule has 1 aliphatic rings. The Bertz CT molecular complexity index is 5950. The molecule has 0 fully saturated rings. The molecule has 0 amide bonds. The van der Waals surface area contributed by atoms with Crippen LogP contribution < -0.4 is 43.1 Å². The van der Waals surface area contributed by atoms with Crippen LogP contribution >= 0.6 is 0 Å². The molecule has 0 radical (unpaired) electrons. The average molecular weight is 1610 g/mol. The van der Waals surface area contributed by atoms with E-state index in [-0.39, 0.29) is 6.10 Å². The summed E-state index contributed by atoms with van der Waals surface area (Å²) in [4.78, 5) is 7.09. The van der Waals surface area contributed by atoms with E-state index in [4.69, 9.17) is 61.6 Å². The van der Waals surface area contributed by atoms with E-state index in [1.165, 1.54) is 0 Å². The van der Waals surface area contributed by atoms with E-state index in [2.05, 4.69) is 235 Å². The first-order valence-corrected chi connectivity index (χ1v) is 41.3. The Hall–Kier alpha value is -12.6. The summed E-state index contributed by atoms with van der Waals surface area (Å²) < 4.78 is 82.7. The zero-order valence-electron chi connectivity index (χ0n) is 69.1. The summed E-state index contributed by atoms with van der Waals surface area (Å²) in [6, 6.07) is 92.9. The number of anilines is 7. The fourth-order valence-corrected chi connectivity index (χ4v) is 15.9. The van der Waals surface area contributed by atoms with Gasteiger partial charge < -0.3 is 90.0 Å². The van der Waals surface area contributed by atoms with Crippen molar-refractivity contribution < 1.29 is 61.6 Å². The van der Waals surface area contributed by atoms with Crippen molar-refractivity contribution in [1.82, 2.24) is 13.7 Å². The van der Waals surface area contributed by atoms with E-state index in [0.29, 0.717) is 106 Å². The summed E-state index contributed by atoms with van der Waals surface area (Å²) >= 11 is 0. The summed E-state index contributed by atoms with van der Waals surface area (Å²) in [6.45, 7) is 14.2. The van der Waals surface area contributed by atoms with Gasteiger partial charge in [-0.2, -0.15) is 0 Å². The molecule has 1 aliphatic carbocycles. The zero-order valence-corrected chi connectivity index (χ0v) is 69.1. The number of benzene rings is 12. The molecule has 3 heterocycles. The number of hydrogen-bond donors (Lipinski definition) is 0. The number of para-hydroxylation sites is 1. The number of allylic oxidation sites excluding steroid dienone is 1. The standard InChI is InChI=1S/C101H102N6O13/c1-8-112-53-56-115-59-62-118-87-42-24-76(25-43-87)105-96-14-12-11-13-90(96)91-65-71(15-48-97(91)105)70-102(79-30-49-98-92(66-79)94-68-81(103(72-16-34-83(108-4)35-17-72)73-18-36-84(109-5)37-19-73)32-51-100(94)106(98)77-26-44-88(45-27-77)119-63-60-116-57-54-113-9-2)80-31-50-99-93(67-80)95-69-82(104(74-20-38-85(110-6)39-21-74)75-22-40-86(111-7)41-23-75)33-52-101(95)107(99)78-28-46-89(47-29-78)120-64-61-117-58-55-114-10-3/h11-40,42-52,65-69,86H,8-10,41,53-64,70H2,1-7H3. The predicted octanol–water partition coefficient (Wildman–Crippen LogP) is 22.1. The Morgan fingerprint density at radius 1 is 0.300 bits per heavy atom. The van der Waals surface area contributed by atoms with Gasteiger partial charge in [0.05, 0.1) is 120 Å². The van der Waals surface area contributed by atoms with E-state index < -0.39 is 0 Å². The van der Waals surface area contributed by atoms with Gasteiger partial charge in [0.25, 0.3) is 0 Å². The van der Waals surface area contributed by atoms with Crippen molar-refractivity contribution in [3.05, 3.63) is 290 Å². The smallest absolute Gasteiger partial charge is 0.119 e. The number of aromatic nitrogens is 3. The Morgan fingerprint density at radius 2 is 0.625 bits per heavy atom. The summed E-state index contributed by atoms with van der Waals surface area (Å²) in [6.07, 6.45) is 7.25. The molecule has 0 saturated heterocycles. The van der Waals surface area contributed by atoms with Gasteiger partial charge >= 0.3 is 0 Å². The lowest BCUT2D eigenvalue weighted by molar-refractivity contribution is 0.0405. The molecule has 12 aromatic carbocycles. The molecular formula is C101H102N6O13. The maximum absolute atomic E-state index is 6.28. The molecule has 0 saturated carbocycles. The highest BCUT2D eigenvalue weighted by Crippen LogP contribution is 2.46. The van der Waals surface area contributed by atoms with Crippen LogP contribution in [0.5, 0.6) is 34.5 Å². The van der Waals surface area contributed by atoms with Crippen LogP contribution in [0.15, 0.2) is 285 Å². The third kappa shape index (κ3) is 18.0. The van der Waals surface area contributed by atoms with Crippen molar-refractivity contribution in [3.63, 3.8) is 0 Å². The van der Waals surface area contributed by atoms with Crippen molar-refractivity contribution in [3.8, 4) is 51.6 Å². The number of ether oxygens (including phenoxy) is 13. The second kappa shape index (κ2) is 38.9. The molecule has 19 heteroatoms. The van der Waals surface area contributed by atoms with Crippen molar-refractivity contribution in [2.24, 2.45) is 0 Å². The van der Waals surface area contributed by atoms with Crippen LogP contribution in [0, 0.1) is 0 Å². The lowest BCUT2D eigenvalue weighted by Crippen LogP contribution is -2.19. The van der Waals surface area contributed by atoms with Gasteiger partial charge in [-0.25, -0.2) is 0 Å². The first-order chi connectivity index (χ1) is 59.2. The molecule has 1 atom stereocenters. The number of rotatable bonds is 41. The minimum Gasteiger partial charge on any atom is -0.497 e. The molecule has 19 nitrogen and oxygen atoms in total. The van der Waals surface area contributed by atoms with Gasteiger partial charge in [-0.15, -0.1) is 0 Å². The summed E-state index contributed by atoms with van der Waals surface area (Å²) in [5.41, 5.74) is 18.2. The normalized spacial score (nSPS) is 12.8. The minimum atomic E-state index is -0.0351. The number of nitrogens with zero attached hydrogens (tertiary/aromatic N) is 6. The van der Waals surface area contributed by atoms with Crippen molar-refractivity contribution in [2.75, 3.05) is 142 Å². The lowest BCUT2D eigenvalue weighted by Gasteiger charge is -2.29. The average Bonchev–Trinajstić information content (AvgIpc) is 1.58. The maximum Gasteiger partial charge on any atom is 0.119 e. The molecule has 3 aromatic heterocycles.